The number of amides is 2. The first-order valence-corrected chi connectivity index (χ1v) is 9.41. The second-order valence-electron chi connectivity index (χ2n) is 6.76. The second-order valence-corrected chi connectivity index (χ2v) is 9.24. The number of benzene rings is 1. The maximum Gasteiger partial charge on any atom is 0.243 e. The molecule has 0 aliphatic rings. The summed E-state index contributed by atoms with van der Waals surface area (Å²) in [4.78, 5) is 25.3. The van der Waals surface area contributed by atoms with Gasteiger partial charge in [-0.3, -0.25) is 9.59 Å². The standard InChI is InChI=1S/C16H24ClN3O4S/c1-16(2,3)18-14(21)10-19(4)15(22)11-20(5)25(23,24)13-8-6-12(17)7-9-13/h6-9H,10-11H2,1-5H3,(H,18,21). The molecule has 0 spiro atoms. The Balaban J connectivity index is 2.72. The summed E-state index contributed by atoms with van der Waals surface area (Å²) >= 11 is 5.75. The van der Waals surface area contributed by atoms with Crippen LogP contribution in [0.5, 0.6) is 0 Å². The number of halogens is 1. The van der Waals surface area contributed by atoms with Crippen molar-refractivity contribution >= 4 is 33.4 Å². The first-order valence-electron chi connectivity index (χ1n) is 7.60. The van der Waals surface area contributed by atoms with Crippen molar-refractivity contribution < 1.29 is 18.0 Å². The van der Waals surface area contributed by atoms with Gasteiger partial charge >= 0.3 is 0 Å². The number of nitrogens with zero attached hydrogens (tertiary/aromatic N) is 2. The van der Waals surface area contributed by atoms with Crippen molar-refractivity contribution in [3.63, 3.8) is 0 Å². The minimum atomic E-state index is -3.81. The molecule has 1 aromatic carbocycles. The van der Waals surface area contributed by atoms with Gasteiger partial charge in [0.05, 0.1) is 18.0 Å². The highest BCUT2D eigenvalue weighted by molar-refractivity contribution is 7.89. The highest BCUT2D eigenvalue weighted by Crippen LogP contribution is 2.17. The lowest BCUT2D eigenvalue weighted by Gasteiger charge is -2.24. The van der Waals surface area contributed by atoms with Crippen LogP contribution in [0.1, 0.15) is 20.8 Å². The molecule has 0 unspecified atom stereocenters. The van der Waals surface area contributed by atoms with E-state index in [1.54, 1.807) is 0 Å². The molecule has 1 rings (SSSR count). The van der Waals surface area contributed by atoms with E-state index in [1.807, 2.05) is 20.8 Å². The second kappa shape index (κ2) is 8.16. The summed E-state index contributed by atoms with van der Waals surface area (Å²) in [7, 11) is -1.05. The van der Waals surface area contributed by atoms with Gasteiger partial charge in [0.25, 0.3) is 0 Å². The van der Waals surface area contributed by atoms with E-state index in [0.717, 1.165) is 4.31 Å². The van der Waals surface area contributed by atoms with E-state index in [-0.39, 0.29) is 23.9 Å². The Morgan fingerprint density at radius 3 is 2.08 bits per heavy atom. The van der Waals surface area contributed by atoms with E-state index in [0.29, 0.717) is 5.02 Å². The number of carbonyl (C=O) groups excluding carboxylic acids is 2. The summed E-state index contributed by atoms with van der Waals surface area (Å²) in [5.74, 6) is -0.796. The van der Waals surface area contributed by atoms with Crippen molar-refractivity contribution in [3.8, 4) is 0 Å². The molecule has 0 saturated heterocycles. The van der Waals surface area contributed by atoms with Gasteiger partial charge in [-0.1, -0.05) is 11.6 Å². The number of likely N-dealkylation sites (N-methyl/N-ethyl adjacent to an activating group) is 2. The molecule has 0 aromatic heterocycles. The maximum atomic E-state index is 12.4. The molecule has 25 heavy (non-hydrogen) atoms. The largest absolute Gasteiger partial charge is 0.350 e. The van der Waals surface area contributed by atoms with Gasteiger partial charge in [0, 0.05) is 24.7 Å². The number of carbonyl (C=O) groups is 2. The number of rotatable bonds is 6. The average molecular weight is 390 g/mol. The van der Waals surface area contributed by atoms with Crippen LogP contribution in [0, 0.1) is 0 Å². The zero-order valence-corrected chi connectivity index (χ0v) is 16.6. The highest BCUT2D eigenvalue weighted by Gasteiger charge is 2.25. The minimum absolute atomic E-state index is 0.0420. The quantitative estimate of drug-likeness (QED) is 0.795. The lowest BCUT2D eigenvalue weighted by molar-refractivity contribution is -0.135. The van der Waals surface area contributed by atoms with Crippen molar-refractivity contribution in [2.24, 2.45) is 0 Å². The summed E-state index contributed by atoms with van der Waals surface area (Å²) < 4.78 is 25.8. The van der Waals surface area contributed by atoms with E-state index in [4.69, 9.17) is 11.6 Å². The van der Waals surface area contributed by atoms with Gasteiger partial charge in [0.2, 0.25) is 21.8 Å². The summed E-state index contributed by atoms with van der Waals surface area (Å²) in [5.41, 5.74) is -0.407. The van der Waals surface area contributed by atoms with Crippen molar-refractivity contribution in [3.05, 3.63) is 29.3 Å². The topological polar surface area (TPSA) is 86.8 Å². The van der Waals surface area contributed by atoms with Crippen LogP contribution in [0.15, 0.2) is 29.2 Å². The van der Waals surface area contributed by atoms with Crippen LogP contribution in [-0.2, 0) is 19.6 Å². The third-order valence-electron chi connectivity index (χ3n) is 3.20. The SMILES string of the molecule is CN(CC(=O)NC(C)(C)C)C(=O)CN(C)S(=O)(=O)c1ccc(Cl)cc1. The Morgan fingerprint density at radius 1 is 1.08 bits per heavy atom. The Hall–Kier alpha value is -1.64. The van der Waals surface area contributed by atoms with E-state index < -0.39 is 21.5 Å². The summed E-state index contributed by atoms with van der Waals surface area (Å²) in [6.45, 7) is 4.98. The molecule has 0 fully saturated rings. The van der Waals surface area contributed by atoms with Gasteiger partial charge in [0.15, 0.2) is 0 Å². The van der Waals surface area contributed by atoms with Crippen LogP contribution in [0.3, 0.4) is 0 Å². The van der Waals surface area contributed by atoms with Crippen molar-refractivity contribution in [1.82, 2.24) is 14.5 Å². The van der Waals surface area contributed by atoms with Crippen LogP contribution >= 0.6 is 11.6 Å². The predicted octanol–water partition coefficient (Wildman–Crippen LogP) is 1.33. The third-order valence-corrected chi connectivity index (χ3v) is 5.27. The van der Waals surface area contributed by atoms with Gasteiger partial charge in [-0.25, -0.2) is 8.42 Å². The molecular weight excluding hydrogens is 366 g/mol. The van der Waals surface area contributed by atoms with Crippen LogP contribution < -0.4 is 5.32 Å². The molecular formula is C16H24ClN3O4S. The van der Waals surface area contributed by atoms with Gasteiger partial charge in [0.1, 0.15) is 0 Å². The van der Waals surface area contributed by atoms with Crippen LogP contribution in [-0.4, -0.2) is 62.2 Å². The number of sulfonamides is 1. The highest BCUT2D eigenvalue weighted by atomic mass is 35.5. The Bertz CT molecular complexity index is 727. The monoisotopic (exact) mass is 389 g/mol. The molecule has 0 bridgehead atoms. The maximum absolute atomic E-state index is 12.4. The molecule has 0 atom stereocenters. The van der Waals surface area contributed by atoms with Gasteiger partial charge in [-0.2, -0.15) is 4.31 Å². The molecule has 0 heterocycles. The fourth-order valence-electron chi connectivity index (χ4n) is 1.94. The Morgan fingerprint density at radius 2 is 1.60 bits per heavy atom. The zero-order valence-electron chi connectivity index (χ0n) is 15.0. The van der Waals surface area contributed by atoms with E-state index in [9.17, 15) is 18.0 Å². The molecule has 2 amide bonds. The fourth-order valence-corrected chi connectivity index (χ4v) is 3.19. The van der Waals surface area contributed by atoms with Crippen molar-refractivity contribution in [2.45, 2.75) is 31.2 Å². The Labute approximate surface area is 154 Å². The smallest absolute Gasteiger partial charge is 0.243 e. The lowest BCUT2D eigenvalue weighted by Crippen LogP contribution is -2.48. The molecule has 1 N–H and O–H groups in total. The number of nitrogens with one attached hydrogen (secondary N) is 1. The minimum Gasteiger partial charge on any atom is -0.350 e. The van der Waals surface area contributed by atoms with Crippen LogP contribution in [0.4, 0.5) is 0 Å². The predicted molar refractivity (Wildman–Crippen MR) is 96.8 cm³/mol. The number of hydrogen-bond donors (Lipinski definition) is 1. The molecule has 1 aromatic rings. The summed E-state index contributed by atoms with van der Waals surface area (Å²) in [6, 6.07) is 5.68. The molecule has 140 valence electrons. The number of hydrogen-bond acceptors (Lipinski definition) is 4. The summed E-state index contributed by atoms with van der Waals surface area (Å²) in [5, 5.41) is 3.16. The normalized spacial score (nSPS) is 12.1. The molecule has 7 nitrogen and oxygen atoms in total. The van der Waals surface area contributed by atoms with E-state index in [2.05, 4.69) is 5.32 Å². The molecule has 0 radical (unpaired) electrons. The molecule has 0 aliphatic heterocycles. The molecule has 9 heteroatoms. The van der Waals surface area contributed by atoms with Gasteiger partial charge < -0.3 is 10.2 Å². The first kappa shape index (κ1) is 21.4. The van der Waals surface area contributed by atoms with E-state index >= 15 is 0 Å². The van der Waals surface area contributed by atoms with E-state index in [1.165, 1.54) is 43.3 Å². The molecule has 0 aliphatic carbocycles. The van der Waals surface area contributed by atoms with Gasteiger partial charge in [-0.15, -0.1) is 0 Å². The van der Waals surface area contributed by atoms with Gasteiger partial charge in [-0.05, 0) is 45.0 Å². The van der Waals surface area contributed by atoms with Crippen molar-refractivity contribution in [1.29, 1.82) is 0 Å². The average Bonchev–Trinajstić information content (AvgIpc) is 2.45. The molecule has 0 saturated carbocycles. The third kappa shape index (κ3) is 6.64. The zero-order chi connectivity index (χ0) is 19.4. The first-order chi connectivity index (χ1) is 11.3. The summed E-state index contributed by atoms with van der Waals surface area (Å²) in [6.07, 6.45) is 0. The Kier molecular flexibility index (Phi) is 6.99. The van der Waals surface area contributed by atoms with Crippen LogP contribution in [0.2, 0.25) is 5.02 Å². The fraction of sp³-hybridized carbons (Fsp3) is 0.500. The lowest BCUT2D eigenvalue weighted by atomic mass is 10.1. The van der Waals surface area contributed by atoms with Crippen molar-refractivity contribution in [2.75, 3.05) is 27.2 Å². The van der Waals surface area contributed by atoms with Crippen LogP contribution in [0.25, 0.3) is 0 Å².